The zero-order valence-corrected chi connectivity index (χ0v) is 10.9. The van der Waals surface area contributed by atoms with Gasteiger partial charge < -0.3 is 9.84 Å². The summed E-state index contributed by atoms with van der Waals surface area (Å²) in [4.78, 5) is 21.8. The van der Waals surface area contributed by atoms with Crippen LogP contribution < -0.4 is 0 Å². The maximum absolute atomic E-state index is 11.4. The Hall–Kier alpha value is -1.32. The van der Waals surface area contributed by atoms with Crippen molar-refractivity contribution in [1.29, 1.82) is 0 Å². The molecule has 0 bridgehead atoms. The maximum Gasteiger partial charge on any atom is 0.333 e. The Morgan fingerprint density at radius 1 is 1.35 bits per heavy atom. The SMILES string of the molecule is CCCCC(CC)COC(=O)/C(C)=C/C(=O)O. The van der Waals surface area contributed by atoms with Gasteiger partial charge in [-0.15, -0.1) is 0 Å². The molecule has 0 saturated carbocycles. The lowest BCUT2D eigenvalue weighted by molar-refractivity contribution is -0.141. The van der Waals surface area contributed by atoms with Crippen molar-refractivity contribution in [3.05, 3.63) is 11.6 Å². The van der Waals surface area contributed by atoms with Gasteiger partial charge in [-0.1, -0.05) is 33.1 Å². The van der Waals surface area contributed by atoms with Gasteiger partial charge in [-0.05, 0) is 19.3 Å². The summed E-state index contributed by atoms with van der Waals surface area (Å²) in [7, 11) is 0. The largest absolute Gasteiger partial charge is 0.478 e. The molecule has 0 aromatic heterocycles. The highest BCUT2D eigenvalue weighted by Gasteiger charge is 2.12. The summed E-state index contributed by atoms with van der Waals surface area (Å²) in [5.41, 5.74) is 0.128. The minimum atomic E-state index is -1.13. The first-order valence-electron chi connectivity index (χ1n) is 6.09. The van der Waals surface area contributed by atoms with Gasteiger partial charge in [0.05, 0.1) is 6.61 Å². The van der Waals surface area contributed by atoms with Crippen LogP contribution in [0.4, 0.5) is 0 Å². The van der Waals surface area contributed by atoms with Gasteiger partial charge in [-0.25, -0.2) is 9.59 Å². The van der Waals surface area contributed by atoms with E-state index in [4.69, 9.17) is 9.84 Å². The third kappa shape index (κ3) is 7.55. The normalized spacial score (nSPS) is 13.2. The van der Waals surface area contributed by atoms with Gasteiger partial charge in [0.2, 0.25) is 0 Å². The number of ether oxygens (including phenoxy) is 1. The molecule has 1 atom stereocenters. The Morgan fingerprint density at radius 3 is 2.47 bits per heavy atom. The summed E-state index contributed by atoms with van der Waals surface area (Å²) >= 11 is 0. The third-order valence-corrected chi connectivity index (χ3v) is 2.66. The number of rotatable bonds is 8. The van der Waals surface area contributed by atoms with Crippen LogP contribution in [-0.4, -0.2) is 23.7 Å². The second-order valence-corrected chi connectivity index (χ2v) is 4.18. The highest BCUT2D eigenvalue weighted by atomic mass is 16.5. The van der Waals surface area contributed by atoms with Crippen LogP contribution >= 0.6 is 0 Å². The Kier molecular flexibility index (Phi) is 8.11. The van der Waals surface area contributed by atoms with Crippen LogP contribution in [0.5, 0.6) is 0 Å². The first-order chi connectivity index (χ1) is 8.01. The minimum absolute atomic E-state index is 0.128. The highest BCUT2D eigenvalue weighted by molar-refractivity contribution is 5.95. The molecule has 0 amide bonds. The average Bonchev–Trinajstić information content (AvgIpc) is 2.28. The van der Waals surface area contributed by atoms with E-state index in [-0.39, 0.29) is 5.57 Å². The fraction of sp³-hybridized carbons (Fsp3) is 0.692. The molecule has 1 N–H and O–H groups in total. The molecule has 0 saturated heterocycles. The number of esters is 1. The van der Waals surface area contributed by atoms with Crippen molar-refractivity contribution < 1.29 is 19.4 Å². The number of aliphatic carboxylic acids is 1. The lowest BCUT2D eigenvalue weighted by Crippen LogP contribution is -2.15. The van der Waals surface area contributed by atoms with Crippen LogP contribution in [0, 0.1) is 5.92 Å². The van der Waals surface area contributed by atoms with E-state index in [9.17, 15) is 9.59 Å². The van der Waals surface area contributed by atoms with Crippen molar-refractivity contribution in [2.75, 3.05) is 6.61 Å². The van der Waals surface area contributed by atoms with Gasteiger partial charge in [-0.2, -0.15) is 0 Å². The molecule has 1 unspecified atom stereocenters. The Balaban J connectivity index is 4.08. The van der Waals surface area contributed by atoms with Gasteiger partial charge in [0.1, 0.15) is 0 Å². The summed E-state index contributed by atoms with van der Waals surface area (Å²) < 4.78 is 5.08. The van der Waals surface area contributed by atoms with E-state index in [0.717, 1.165) is 31.8 Å². The highest BCUT2D eigenvalue weighted by Crippen LogP contribution is 2.13. The molecule has 0 rings (SSSR count). The molecule has 0 aliphatic heterocycles. The Labute approximate surface area is 103 Å². The van der Waals surface area contributed by atoms with Crippen molar-refractivity contribution in [3.8, 4) is 0 Å². The molecule has 0 spiro atoms. The van der Waals surface area contributed by atoms with Crippen LogP contribution in [-0.2, 0) is 14.3 Å². The molecule has 4 heteroatoms. The van der Waals surface area contributed by atoms with Crippen LogP contribution in [0.3, 0.4) is 0 Å². The summed E-state index contributed by atoms with van der Waals surface area (Å²) in [5, 5.41) is 8.49. The van der Waals surface area contributed by atoms with Crippen molar-refractivity contribution in [3.63, 3.8) is 0 Å². The third-order valence-electron chi connectivity index (χ3n) is 2.66. The van der Waals surface area contributed by atoms with Crippen LogP contribution in [0.2, 0.25) is 0 Å². The zero-order valence-electron chi connectivity index (χ0n) is 10.9. The predicted octanol–water partition coefficient (Wildman–Crippen LogP) is 2.78. The average molecular weight is 242 g/mol. The molecule has 0 aliphatic rings. The van der Waals surface area contributed by atoms with Gasteiger partial charge in [-0.3, -0.25) is 0 Å². The molecule has 4 nitrogen and oxygen atoms in total. The number of hydrogen-bond donors (Lipinski definition) is 1. The lowest BCUT2D eigenvalue weighted by Gasteiger charge is -2.14. The number of carbonyl (C=O) groups is 2. The van der Waals surface area contributed by atoms with Gasteiger partial charge in [0.25, 0.3) is 0 Å². The Morgan fingerprint density at radius 2 is 2.00 bits per heavy atom. The first kappa shape index (κ1) is 15.7. The number of carboxylic acids is 1. The van der Waals surface area contributed by atoms with E-state index >= 15 is 0 Å². The molecular formula is C13H22O4. The summed E-state index contributed by atoms with van der Waals surface area (Å²) in [6.45, 7) is 6.01. The number of carbonyl (C=O) groups excluding carboxylic acids is 1. The smallest absolute Gasteiger partial charge is 0.333 e. The van der Waals surface area contributed by atoms with E-state index in [1.54, 1.807) is 0 Å². The van der Waals surface area contributed by atoms with E-state index in [0.29, 0.717) is 12.5 Å². The minimum Gasteiger partial charge on any atom is -0.478 e. The molecule has 0 aromatic rings. The van der Waals surface area contributed by atoms with Crippen LogP contribution in [0.1, 0.15) is 46.5 Å². The quantitative estimate of drug-likeness (QED) is 0.525. The van der Waals surface area contributed by atoms with E-state index < -0.39 is 11.9 Å². The fourth-order valence-corrected chi connectivity index (χ4v) is 1.45. The van der Waals surface area contributed by atoms with Gasteiger partial charge in [0.15, 0.2) is 0 Å². The molecule has 0 aromatic carbocycles. The van der Waals surface area contributed by atoms with E-state index in [1.807, 2.05) is 0 Å². The molecule has 17 heavy (non-hydrogen) atoms. The Bertz CT molecular complexity index is 281. The van der Waals surface area contributed by atoms with Gasteiger partial charge in [0, 0.05) is 11.6 Å². The van der Waals surface area contributed by atoms with Crippen molar-refractivity contribution in [2.24, 2.45) is 5.92 Å². The molecule has 0 radical (unpaired) electrons. The second-order valence-electron chi connectivity index (χ2n) is 4.18. The standard InChI is InChI=1S/C13H22O4/c1-4-6-7-11(5-2)9-17-13(16)10(3)8-12(14)15/h8,11H,4-7,9H2,1-3H3,(H,14,15)/b10-8+. The second kappa shape index (κ2) is 8.79. The molecule has 98 valence electrons. The van der Waals surface area contributed by atoms with Crippen molar-refractivity contribution >= 4 is 11.9 Å². The first-order valence-corrected chi connectivity index (χ1v) is 6.09. The number of hydrogen-bond acceptors (Lipinski definition) is 3. The zero-order chi connectivity index (χ0) is 13.3. The van der Waals surface area contributed by atoms with Crippen molar-refractivity contribution in [2.45, 2.75) is 46.5 Å². The fourth-order valence-electron chi connectivity index (χ4n) is 1.45. The number of carboxylic acid groups (broad SMARTS) is 1. The summed E-state index contributed by atoms with van der Waals surface area (Å²) in [5.74, 6) is -1.30. The molecule has 0 aliphatic carbocycles. The van der Waals surface area contributed by atoms with Crippen LogP contribution in [0.15, 0.2) is 11.6 Å². The van der Waals surface area contributed by atoms with Crippen molar-refractivity contribution in [1.82, 2.24) is 0 Å². The molecular weight excluding hydrogens is 220 g/mol. The van der Waals surface area contributed by atoms with E-state index in [2.05, 4.69) is 13.8 Å². The molecule has 0 fully saturated rings. The maximum atomic E-state index is 11.4. The summed E-state index contributed by atoms with van der Waals surface area (Å²) in [6, 6.07) is 0. The molecule has 0 heterocycles. The number of unbranched alkanes of at least 4 members (excludes halogenated alkanes) is 1. The lowest BCUT2D eigenvalue weighted by atomic mass is 10.0. The van der Waals surface area contributed by atoms with Crippen LogP contribution in [0.25, 0.3) is 0 Å². The van der Waals surface area contributed by atoms with Gasteiger partial charge >= 0.3 is 11.9 Å². The monoisotopic (exact) mass is 242 g/mol. The summed E-state index contributed by atoms with van der Waals surface area (Å²) in [6.07, 6.45) is 5.13. The topological polar surface area (TPSA) is 63.6 Å². The predicted molar refractivity (Wildman–Crippen MR) is 65.7 cm³/mol. The van der Waals surface area contributed by atoms with E-state index in [1.165, 1.54) is 6.92 Å².